The molecule has 0 aromatic heterocycles. The van der Waals surface area contributed by atoms with Gasteiger partial charge in [0.2, 0.25) is 17.7 Å². The molecule has 3 amide bonds. The Hall–Kier alpha value is -2.88. The number of likely N-dealkylation sites (tertiary alicyclic amines) is 1. The maximum absolute atomic E-state index is 14.4. The van der Waals surface area contributed by atoms with E-state index in [4.69, 9.17) is 11.6 Å². The fourth-order valence-corrected chi connectivity index (χ4v) is 7.35. The van der Waals surface area contributed by atoms with Crippen LogP contribution in [-0.4, -0.2) is 64.4 Å². The van der Waals surface area contributed by atoms with Gasteiger partial charge in [-0.15, -0.1) is 0 Å². The van der Waals surface area contributed by atoms with Gasteiger partial charge in [0.15, 0.2) is 0 Å². The van der Waals surface area contributed by atoms with Crippen molar-refractivity contribution < 1.29 is 24.4 Å². The summed E-state index contributed by atoms with van der Waals surface area (Å²) in [4.78, 5) is 43.5. The van der Waals surface area contributed by atoms with Gasteiger partial charge in [-0.2, -0.15) is 0 Å². The first kappa shape index (κ1) is 31.5. The Kier molecular flexibility index (Phi) is 8.99. The summed E-state index contributed by atoms with van der Waals surface area (Å²) in [6.45, 7) is 8.33. The Morgan fingerprint density at radius 2 is 1.72 bits per heavy atom. The summed E-state index contributed by atoms with van der Waals surface area (Å²) in [6.07, 6.45) is 3.34. The van der Waals surface area contributed by atoms with Crippen LogP contribution in [0.4, 0.5) is 0 Å². The van der Waals surface area contributed by atoms with Gasteiger partial charge in [0.25, 0.3) is 0 Å². The lowest BCUT2D eigenvalue weighted by atomic mass is 9.64. The van der Waals surface area contributed by atoms with Crippen molar-refractivity contribution in [2.45, 2.75) is 77.8 Å². The van der Waals surface area contributed by atoms with Crippen LogP contribution in [0.3, 0.4) is 0 Å². The minimum Gasteiger partial charge on any atom is -0.426 e. The lowest BCUT2D eigenvalue weighted by Crippen LogP contribution is -2.61. The van der Waals surface area contributed by atoms with E-state index in [9.17, 15) is 24.4 Å². The number of benzene rings is 2. The fourth-order valence-electron chi connectivity index (χ4n) is 7.14. The summed E-state index contributed by atoms with van der Waals surface area (Å²) in [5.41, 5.74) is 0.900. The molecular weight excluding hydrogens is 565 g/mol. The molecule has 230 valence electrons. The highest BCUT2D eigenvalue weighted by Crippen LogP contribution is 2.65. The van der Waals surface area contributed by atoms with Gasteiger partial charge in [-0.1, -0.05) is 88.2 Å². The molecule has 5 atom stereocenters. The number of nitrogens with zero attached hydrogens (tertiary/aromatic N) is 1. The normalized spacial score (nSPS) is 23.9. The standard InChI is InChI=1S/C33H43BClN3O5/c1-32(2,18-20-10-6-5-7-11-20)31(41)36-25(17-21-12-8-15-23(35)16-21)30(40)38-19-24-26(33(24,3)4)27(38)29(39)37-28(34(42)43)22-13-9-14-22/h5-8,10-12,15-16,22,24-28,42-43H,9,13-14,17-19H2,1-4H3,(H,36,41)(H,37,39)/t24-,25-,26-,27-,28-/m0/s1. The molecule has 1 heterocycles. The van der Waals surface area contributed by atoms with Crippen LogP contribution < -0.4 is 10.6 Å². The number of fused-ring (bicyclic) bond motifs is 1. The minimum atomic E-state index is -1.68. The second kappa shape index (κ2) is 12.3. The van der Waals surface area contributed by atoms with E-state index < -0.39 is 30.6 Å². The first-order chi connectivity index (χ1) is 20.3. The molecule has 4 N–H and O–H groups in total. The molecule has 1 saturated heterocycles. The molecule has 2 saturated carbocycles. The van der Waals surface area contributed by atoms with Gasteiger partial charge in [0, 0.05) is 23.4 Å². The Labute approximate surface area is 259 Å². The van der Waals surface area contributed by atoms with Crippen LogP contribution in [0.1, 0.15) is 58.1 Å². The predicted molar refractivity (Wildman–Crippen MR) is 167 cm³/mol. The SMILES string of the molecule is CC(C)(Cc1ccccc1)C(=O)N[C@@H](Cc1cccc(Cl)c1)C(=O)N1C[C@H]2[C@@H]([C@H]1C(=O)N[C@H](B(O)O)C1CCC1)C2(C)C. The summed E-state index contributed by atoms with van der Waals surface area (Å²) < 4.78 is 0. The molecule has 2 aromatic carbocycles. The highest BCUT2D eigenvalue weighted by Gasteiger charge is 2.69. The largest absolute Gasteiger partial charge is 0.475 e. The van der Waals surface area contributed by atoms with Gasteiger partial charge in [0.05, 0.1) is 5.94 Å². The summed E-state index contributed by atoms with van der Waals surface area (Å²) in [5.74, 6) is -1.63. The fraction of sp³-hybridized carbons (Fsp3) is 0.545. The molecule has 0 bridgehead atoms. The summed E-state index contributed by atoms with van der Waals surface area (Å²) >= 11 is 6.26. The lowest BCUT2D eigenvalue weighted by Gasteiger charge is -2.37. The molecule has 10 heteroatoms. The first-order valence-corrected chi connectivity index (χ1v) is 15.7. The Morgan fingerprint density at radius 1 is 1.05 bits per heavy atom. The van der Waals surface area contributed by atoms with Crippen molar-refractivity contribution in [2.75, 3.05) is 6.54 Å². The number of piperidine rings is 1. The van der Waals surface area contributed by atoms with E-state index >= 15 is 0 Å². The second-order valence-electron chi connectivity index (χ2n) is 13.9. The Morgan fingerprint density at radius 3 is 2.33 bits per heavy atom. The number of nitrogens with one attached hydrogen (secondary N) is 2. The topological polar surface area (TPSA) is 119 Å². The minimum absolute atomic E-state index is 0.000716. The van der Waals surface area contributed by atoms with E-state index in [-0.39, 0.29) is 47.3 Å². The number of carbonyl (C=O) groups excluding carboxylic acids is 3. The maximum atomic E-state index is 14.4. The highest BCUT2D eigenvalue weighted by atomic mass is 35.5. The zero-order valence-electron chi connectivity index (χ0n) is 25.4. The number of carbonyl (C=O) groups is 3. The highest BCUT2D eigenvalue weighted by molar-refractivity contribution is 6.43. The lowest BCUT2D eigenvalue weighted by molar-refractivity contribution is -0.144. The Bertz CT molecular complexity index is 1350. The molecule has 43 heavy (non-hydrogen) atoms. The quantitative estimate of drug-likeness (QED) is 0.292. The number of rotatable bonds is 11. The Balaban J connectivity index is 1.39. The third-order valence-corrected chi connectivity index (χ3v) is 10.3. The first-order valence-electron chi connectivity index (χ1n) is 15.4. The molecule has 0 spiro atoms. The molecule has 8 nitrogen and oxygen atoms in total. The van der Waals surface area contributed by atoms with Gasteiger partial charge in [-0.05, 0) is 65.7 Å². The van der Waals surface area contributed by atoms with Crippen LogP contribution in [-0.2, 0) is 27.2 Å². The van der Waals surface area contributed by atoms with Crippen molar-refractivity contribution in [1.29, 1.82) is 0 Å². The number of halogens is 1. The van der Waals surface area contributed by atoms with E-state index in [0.29, 0.717) is 18.0 Å². The molecule has 0 unspecified atom stereocenters. The summed E-state index contributed by atoms with van der Waals surface area (Å²) in [6, 6.07) is 15.3. The van der Waals surface area contributed by atoms with Crippen LogP contribution in [0.2, 0.25) is 5.02 Å². The van der Waals surface area contributed by atoms with Crippen molar-refractivity contribution in [1.82, 2.24) is 15.5 Å². The van der Waals surface area contributed by atoms with E-state index in [2.05, 4.69) is 24.5 Å². The molecule has 2 aromatic rings. The number of hydrogen-bond acceptors (Lipinski definition) is 5. The number of hydrogen-bond donors (Lipinski definition) is 4. The third-order valence-electron chi connectivity index (χ3n) is 10.1. The molecule has 1 aliphatic heterocycles. The average molecular weight is 608 g/mol. The smallest absolute Gasteiger partial charge is 0.426 e. The van der Waals surface area contributed by atoms with Gasteiger partial charge in [0.1, 0.15) is 12.1 Å². The monoisotopic (exact) mass is 607 g/mol. The summed E-state index contributed by atoms with van der Waals surface area (Å²) in [7, 11) is -1.68. The van der Waals surface area contributed by atoms with Gasteiger partial charge in [-0.25, -0.2) is 0 Å². The molecular formula is C33H43BClN3O5. The van der Waals surface area contributed by atoms with Crippen LogP contribution in [0.25, 0.3) is 0 Å². The van der Waals surface area contributed by atoms with Crippen LogP contribution >= 0.6 is 11.6 Å². The zero-order valence-corrected chi connectivity index (χ0v) is 26.2. The van der Waals surface area contributed by atoms with Crippen LogP contribution in [0, 0.1) is 28.6 Å². The predicted octanol–water partition coefficient (Wildman–Crippen LogP) is 3.42. The van der Waals surface area contributed by atoms with Crippen molar-refractivity contribution in [3.8, 4) is 0 Å². The zero-order chi connectivity index (χ0) is 31.1. The van der Waals surface area contributed by atoms with Crippen molar-refractivity contribution in [3.05, 3.63) is 70.7 Å². The van der Waals surface area contributed by atoms with Crippen molar-refractivity contribution in [2.24, 2.45) is 28.6 Å². The van der Waals surface area contributed by atoms with Gasteiger partial charge in [-0.3, -0.25) is 14.4 Å². The third kappa shape index (κ3) is 6.64. The van der Waals surface area contributed by atoms with Crippen LogP contribution in [0.5, 0.6) is 0 Å². The molecule has 2 aliphatic carbocycles. The molecule has 3 aliphatic rings. The van der Waals surface area contributed by atoms with E-state index in [1.54, 1.807) is 17.0 Å². The van der Waals surface area contributed by atoms with Gasteiger partial charge >= 0.3 is 7.12 Å². The number of amides is 3. The van der Waals surface area contributed by atoms with Crippen LogP contribution in [0.15, 0.2) is 54.6 Å². The summed E-state index contributed by atoms with van der Waals surface area (Å²) in [5, 5.41) is 26.6. The molecule has 0 radical (unpaired) electrons. The molecule has 3 fully saturated rings. The maximum Gasteiger partial charge on any atom is 0.475 e. The van der Waals surface area contributed by atoms with Crippen molar-refractivity contribution in [3.63, 3.8) is 0 Å². The average Bonchev–Trinajstić information content (AvgIpc) is 3.23. The van der Waals surface area contributed by atoms with Gasteiger partial charge < -0.3 is 25.6 Å². The van der Waals surface area contributed by atoms with Crippen molar-refractivity contribution >= 4 is 36.4 Å². The van der Waals surface area contributed by atoms with E-state index in [1.165, 1.54) is 0 Å². The second-order valence-corrected chi connectivity index (χ2v) is 14.4. The van der Waals surface area contributed by atoms with E-state index in [0.717, 1.165) is 30.4 Å². The van der Waals surface area contributed by atoms with E-state index in [1.807, 2.05) is 56.3 Å². The molecule has 5 rings (SSSR count).